The Morgan fingerprint density at radius 2 is 1.97 bits per heavy atom. The molecular weight excluding hydrogens is 520 g/mol. The number of carboxylic acid groups (broad SMARTS) is 1. The number of nitrogens with zero attached hydrogens (tertiary/aromatic N) is 3. The Morgan fingerprint density at radius 1 is 1.31 bits per heavy atom. The van der Waals surface area contributed by atoms with E-state index in [1.54, 1.807) is 6.92 Å². The molecule has 1 aromatic carbocycles. The molecule has 3 amide bonds. The average molecular weight is 545 g/mol. The number of nitrogens with one attached hydrogen (secondary N) is 1. The highest BCUT2D eigenvalue weighted by Gasteiger charge is 2.52. The van der Waals surface area contributed by atoms with Crippen molar-refractivity contribution >= 4 is 52.2 Å². The van der Waals surface area contributed by atoms with Crippen LogP contribution in [-0.4, -0.2) is 92.9 Å². The van der Waals surface area contributed by atoms with E-state index in [4.69, 9.17) is 11.6 Å². The third kappa shape index (κ3) is 4.82. The first-order valence-corrected chi connectivity index (χ1v) is 12.4. The number of phenols is 2. The molecule has 0 saturated carbocycles. The maximum Gasteiger partial charge on any atom is 0.328 e. The van der Waals surface area contributed by atoms with Gasteiger partial charge in [-0.1, -0.05) is 11.6 Å². The van der Waals surface area contributed by atoms with Crippen molar-refractivity contribution in [3.05, 3.63) is 22.7 Å². The van der Waals surface area contributed by atoms with Gasteiger partial charge in [0, 0.05) is 25.2 Å². The van der Waals surface area contributed by atoms with Gasteiger partial charge in [-0.3, -0.25) is 14.4 Å². The number of phenolic OH excluding ortho intramolecular Hbond substituents is 2. The summed E-state index contributed by atoms with van der Waals surface area (Å²) in [7, 11) is -3.46. The molecular formula is C21H25ClN4O9S. The van der Waals surface area contributed by atoms with Crippen LogP contribution in [0, 0.1) is 0 Å². The normalized spacial score (nSPS) is 22.4. The van der Waals surface area contributed by atoms with Crippen LogP contribution in [0.15, 0.2) is 17.2 Å². The zero-order chi connectivity index (χ0) is 26.9. The van der Waals surface area contributed by atoms with Crippen molar-refractivity contribution in [3.8, 4) is 11.5 Å². The quantitative estimate of drug-likeness (QED) is 0.0976. The zero-order valence-electron chi connectivity index (χ0n) is 19.3. The lowest BCUT2D eigenvalue weighted by atomic mass is 9.92. The fourth-order valence-corrected chi connectivity index (χ4v) is 5.14. The summed E-state index contributed by atoms with van der Waals surface area (Å²) < 4.78 is 22.0. The lowest BCUT2D eigenvalue weighted by Crippen LogP contribution is -2.66. The van der Waals surface area contributed by atoms with Gasteiger partial charge in [0.15, 0.2) is 28.2 Å². The molecule has 1 aromatic rings. The van der Waals surface area contributed by atoms with E-state index in [2.05, 4.69) is 10.5 Å². The first-order chi connectivity index (χ1) is 16.8. The summed E-state index contributed by atoms with van der Waals surface area (Å²) in [6, 6.07) is -0.978. The number of aromatic hydroxyl groups is 2. The monoisotopic (exact) mass is 544 g/mol. The van der Waals surface area contributed by atoms with E-state index in [1.807, 2.05) is 0 Å². The Bertz CT molecular complexity index is 1210. The van der Waals surface area contributed by atoms with Crippen LogP contribution in [0.1, 0.15) is 43.5 Å². The second-order valence-corrected chi connectivity index (χ2v) is 10.6. The van der Waals surface area contributed by atoms with Gasteiger partial charge in [-0.25, -0.2) is 18.6 Å². The van der Waals surface area contributed by atoms with Gasteiger partial charge < -0.3 is 25.1 Å². The predicted octanol–water partition coefficient (Wildman–Crippen LogP) is -0.0981. The number of halogens is 1. The van der Waals surface area contributed by atoms with Gasteiger partial charge in [0.1, 0.15) is 10.8 Å². The van der Waals surface area contributed by atoms with Crippen molar-refractivity contribution < 1.29 is 42.9 Å². The van der Waals surface area contributed by atoms with E-state index >= 15 is 0 Å². The molecule has 196 valence electrons. The van der Waals surface area contributed by atoms with Crippen LogP contribution < -0.4 is 5.43 Å². The maximum atomic E-state index is 13.0. The molecule has 2 aliphatic rings. The topological polar surface area (TPSA) is 194 Å². The summed E-state index contributed by atoms with van der Waals surface area (Å²) in [5.74, 6) is -4.71. The summed E-state index contributed by atoms with van der Waals surface area (Å²) in [5.41, 5.74) is 2.01. The van der Waals surface area contributed by atoms with Crippen molar-refractivity contribution in [2.75, 3.05) is 6.54 Å². The van der Waals surface area contributed by atoms with Crippen molar-refractivity contribution in [2.24, 2.45) is 5.10 Å². The van der Waals surface area contributed by atoms with Crippen LogP contribution in [0.25, 0.3) is 0 Å². The number of hydrazone groups is 1. The molecule has 2 heterocycles. The first-order valence-electron chi connectivity index (χ1n) is 10.8. The van der Waals surface area contributed by atoms with Gasteiger partial charge in [-0.15, -0.1) is 0 Å². The SMILES string of the molecule is C[C@@H]1CC(=O)N1[C@@H](C(=O)O)[C@](C)(/C=N/NC(=O)C1CCCN1C(=O)c1ccc(O)c(O)c1Cl)[SH](=O)=O. The predicted molar refractivity (Wildman–Crippen MR) is 127 cm³/mol. The second-order valence-electron chi connectivity index (χ2n) is 8.76. The average Bonchev–Trinajstić information content (AvgIpc) is 3.30. The Morgan fingerprint density at radius 3 is 2.53 bits per heavy atom. The smallest absolute Gasteiger partial charge is 0.328 e. The van der Waals surface area contributed by atoms with E-state index in [0.29, 0.717) is 6.42 Å². The zero-order valence-corrected chi connectivity index (χ0v) is 20.9. The van der Waals surface area contributed by atoms with Crippen LogP contribution in [0.5, 0.6) is 11.5 Å². The molecule has 13 nitrogen and oxygen atoms in total. The standard InChI is InChI=1S/C21H25ClN4O9S/c1-10-8-14(28)26(10)17(20(32)33)21(2,36(34)35)9-23-24-18(30)12-4-3-7-25(12)19(31)11-5-6-13(27)16(29)15(11)22/h5-6,9-10,12,17,27,29,36H,3-4,7-8H2,1-2H3,(H,24,30)(H,32,33)/b23-9+/t10-,12?,17+,21+/m1/s1. The third-order valence-corrected chi connectivity index (χ3v) is 7.86. The summed E-state index contributed by atoms with van der Waals surface area (Å²) in [6.07, 6.45) is 1.54. The summed E-state index contributed by atoms with van der Waals surface area (Å²) in [4.78, 5) is 51.8. The molecule has 0 aromatic heterocycles. The molecule has 0 bridgehead atoms. The van der Waals surface area contributed by atoms with Crippen LogP contribution >= 0.6 is 11.6 Å². The number of rotatable bonds is 8. The summed E-state index contributed by atoms with van der Waals surface area (Å²) >= 11 is 5.97. The van der Waals surface area contributed by atoms with Gasteiger partial charge >= 0.3 is 5.97 Å². The molecule has 2 fully saturated rings. The van der Waals surface area contributed by atoms with E-state index in [0.717, 1.165) is 24.1 Å². The fourth-order valence-electron chi connectivity index (χ4n) is 4.31. The molecule has 0 aliphatic carbocycles. The van der Waals surface area contributed by atoms with Gasteiger partial charge in [0.2, 0.25) is 5.91 Å². The van der Waals surface area contributed by atoms with Crippen LogP contribution in [0.3, 0.4) is 0 Å². The number of β-lactam (4-membered cyclic amide) rings is 1. The third-order valence-electron chi connectivity index (χ3n) is 6.33. The number of hydrogen-bond donors (Lipinski definition) is 5. The minimum absolute atomic E-state index is 0.0811. The fraction of sp³-hybridized carbons (Fsp3) is 0.476. The van der Waals surface area contributed by atoms with Gasteiger partial charge in [0.25, 0.3) is 11.8 Å². The van der Waals surface area contributed by atoms with E-state index < -0.39 is 68.8 Å². The highest BCUT2D eigenvalue weighted by Crippen LogP contribution is 2.36. The van der Waals surface area contributed by atoms with Gasteiger partial charge in [0.05, 0.1) is 10.6 Å². The van der Waals surface area contributed by atoms with Crippen molar-refractivity contribution in [1.29, 1.82) is 0 Å². The maximum absolute atomic E-state index is 13.0. The minimum Gasteiger partial charge on any atom is -0.504 e. The van der Waals surface area contributed by atoms with Gasteiger partial charge in [-0.2, -0.15) is 5.10 Å². The molecule has 0 spiro atoms. The van der Waals surface area contributed by atoms with Crippen molar-refractivity contribution in [3.63, 3.8) is 0 Å². The number of likely N-dealkylation sites (tertiary alicyclic amines) is 2. The number of carbonyl (C=O) groups excluding carboxylic acids is 3. The molecule has 1 unspecified atom stereocenters. The highest BCUT2D eigenvalue weighted by atomic mass is 35.5. The number of carboxylic acids is 1. The molecule has 0 radical (unpaired) electrons. The molecule has 4 N–H and O–H groups in total. The molecule has 36 heavy (non-hydrogen) atoms. The first kappa shape index (κ1) is 27.2. The minimum atomic E-state index is -3.46. The summed E-state index contributed by atoms with van der Waals surface area (Å²) in [5, 5.41) is 32.3. The largest absolute Gasteiger partial charge is 0.504 e. The van der Waals surface area contributed by atoms with Crippen LogP contribution in [0.2, 0.25) is 5.02 Å². The van der Waals surface area contributed by atoms with Crippen LogP contribution in [-0.2, 0) is 25.1 Å². The lowest BCUT2D eigenvalue weighted by Gasteiger charge is -2.45. The van der Waals surface area contributed by atoms with Crippen molar-refractivity contribution in [1.82, 2.24) is 15.2 Å². The molecule has 3 rings (SSSR count). The van der Waals surface area contributed by atoms with Crippen LogP contribution in [0.4, 0.5) is 0 Å². The Kier molecular flexibility index (Phi) is 7.79. The molecule has 2 saturated heterocycles. The Balaban J connectivity index is 1.79. The van der Waals surface area contributed by atoms with Crippen molar-refractivity contribution in [2.45, 2.75) is 56.0 Å². The highest BCUT2D eigenvalue weighted by molar-refractivity contribution is 7.75. The number of amides is 3. The number of aliphatic carboxylic acids is 1. The number of thiol groups is 1. The number of carbonyl (C=O) groups is 4. The molecule has 2 aliphatic heterocycles. The Hall–Kier alpha value is -3.39. The number of hydrogen-bond acceptors (Lipinski definition) is 9. The number of benzene rings is 1. The second kappa shape index (κ2) is 10.3. The molecule has 15 heteroatoms. The Labute approximate surface area is 212 Å². The van der Waals surface area contributed by atoms with Gasteiger partial charge in [-0.05, 0) is 38.8 Å². The molecule has 4 atom stereocenters. The summed E-state index contributed by atoms with van der Waals surface area (Å²) in [6.45, 7) is 2.84. The van der Waals surface area contributed by atoms with E-state index in [9.17, 15) is 42.9 Å². The van der Waals surface area contributed by atoms with E-state index in [1.165, 1.54) is 11.0 Å². The lowest BCUT2D eigenvalue weighted by molar-refractivity contribution is -0.161. The van der Waals surface area contributed by atoms with E-state index in [-0.39, 0.29) is 30.0 Å².